The molecule has 0 heterocycles. The van der Waals surface area contributed by atoms with Gasteiger partial charge in [-0.1, -0.05) is 58.3 Å². The second kappa shape index (κ2) is 13.6. The fraction of sp³-hybridized carbons (Fsp3) is 0.929. The van der Waals surface area contributed by atoms with Crippen molar-refractivity contribution in [1.82, 2.24) is 5.32 Å². The van der Waals surface area contributed by atoms with Crippen LogP contribution in [0.4, 0.5) is 0 Å². The smallest absolute Gasteiger partial charge is 0.317 e. The molecule has 0 atom stereocenters. The van der Waals surface area contributed by atoms with Gasteiger partial charge in [0.1, 0.15) is 5.79 Å². The van der Waals surface area contributed by atoms with Gasteiger partial charge in [-0.05, 0) is 12.8 Å². The van der Waals surface area contributed by atoms with E-state index in [0.29, 0.717) is 6.42 Å². The van der Waals surface area contributed by atoms with E-state index in [0.717, 1.165) is 12.8 Å². The molecule has 0 fully saturated rings. The fourth-order valence-corrected chi connectivity index (χ4v) is 2.06. The van der Waals surface area contributed by atoms with Crippen LogP contribution in [0.1, 0.15) is 71.1 Å². The molecule has 0 bridgehead atoms. The molecule has 0 rings (SSSR count). The van der Waals surface area contributed by atoms with Crippen molar-refractivity contribution in [2.45, 2.75) is 76.9 Å². The third-order valence-electron chi connectivity index (χ3n) is 3.26. The Morgan fingerprint density at radius 2 is 1.45 bits per heavy atom. The molecule has 5 nitrogen and oxygen atoms in total. The van der Waals surface area contributed by atoms with Gasteiger partial charge in [0.2, 0.25) is 0 Å². The molecule has 0 saturated carbocycles. The van der Waals surface area contributed by atoms with Crippen molar-refractivity contribution in [1.29, 1.82) is 0 Å². The van der Waals surface area contributed by atoms with Crippen molar-refractivity contribution in [3.63, 3.8) is 0 Å². The number of unbranched alkanes of at least 4 members (excludes halogenated alkanes) is 8. The summed E-state index contributed by atoms with van der Waals surface area (Å²) in [5.74, 6) is -1.99. The summed E-state index contributed by atoms with van der Waals surface area (Å²) in [4.78, 5) is 10.4. The van der Waals surface area contributed by atoms with Crippen molar-refractivity contribution in [3.8, 4) is 0 Å². The lowest BCUT2D eigenvalue weighted by Crippen LogP contribution is -2.62. The lowest BCUT2D eigenvalue weighted by molar-refractivity contribution is -0.136. The fourth-order valence-electron chi connectivity index (χ4n) is 2.06. The molecule has 0 saturated heterocycles. The van der Waals surface area contributed by atoms with Gasteiger partial charge in [-0.3, -0.25) is 10.1 Å². The van der Waals surface area contributed by atoms with Gasteiger partial charge in [0, 0.05) is 0 Å². The quantitative estimate of drug-likeness (QED) is 0.309. The standard InChI is InChI=1S/C14H31N3O2.ClH/c1-2-3-4-5-6-7-8-9-10-11-14(15,16)17-12-13(18)19;/h17H,2-12,15-16H2,1H3,(H,18,19);1H. The predicted octanol–water partition coefficient (Wildman–Crippen LogP) is 2.57. The number of carboxylic acid groups (broad SMARTS) is 1. The highest BCUT2D eigenvalue weighted by molar-refractivity contribution is 5.85. The zero-order valence-electron chi connectivity index (χ0n) is 12.7. The topological polar surface area (TPSA) is 101 Å². The highest BCUT2D eigenvalue weighted by Crippen LogP contribution is 2.11. The molecule has 6 heteroatoms. The first-order valence-electron chi connectivity index (χ1n) is 7.52. The minimum Gasteiger partial charge on any atom is -0.480 e. The molecule has 0 amide bonds. The van der Waals surface area contributed by atoms with Gasteiger partial charge in [0.15, 0.2) is 0 Å². The van der Waals surface area contributed by atoms with Crippen LogP contribution in [0.15, 0.2) is 0 Å². The number of nitrogens with one attached hydrogen (secondary N) is 1. The van der Waals surface area contributed by atoms with Gasteiger partial charge >= 0.3 is 5.97 Å². The minimum absolute atomic E-state index is 0. The monoisotopic (exact) mass is 309 g/mol. The number of hydrogen-bond donors (Lipinski definition) is 4. The Balaban J connectivity index is 0. The molecule has 0 aliphatic heterocycles. The van der Waals surface area contributed by atoms with Crippen LogP contribution in [0.25, 0.3) is 0 Å². The number of carbonyl (C=O) groups is 1. The summed E-state index contributed by atoms with van der Waals surface area (Å²) in [5.41, 5.74) is 11.5. The van der Waals surface area contributed by atoms with Gasteiger partial charge in [-0.15, -0.1) is 12.4 Å². The number of halogens is 1. The Bertz CT molecular complexity index is 238. The van der Waals surface area contributed by atoms with E-state index in [1.54, 1.807) is 0 Å². The van der Waals surface area contributed by atoms with E-state index in [-0.39, 0.29) is 19.0 Å². The van der Waals surface area contributed by atoms with Crippen LogP contribution < -0.4 is 16.8 Å². The number of nitrogens with two attached hydrogens (primary N) is 2. The van der Waals surface area contributed by atoms with Crippen LogP contribution in [0.3, 0.4) is 0 Å². The van der Waals surface area contributed by atoms with E-state index in [1.165, 1.54) is 44.9 Å². The maximum Gasteiger partial charge on any atom is 0.317 e. The van der Waals surface area contributed by atoms with E-state index in [4.69, 9.17) is 16.6 Å². The molecule has 0 aromatic rings. The Morgan fingerprint density at radius 1 is 1.00 bits per heavy atom. The van der Waals surface area contributed by atoms with Crippen molar-refractivity contribution < 1.29 is 9.90 Å². The third-order valence-corrected chi connectivity index (χ3v) is 3.26. The number of hydrogen-bond acceptors (Lipinski definition) is 4. The van der Waals surface area contributed by atoms with Crippen LogP contribution in [0.2, 0.25) is 0 Å². The Labute approximate surface area is 129 Å². The summed E-state index contributed by atoms with van der Waals surface area (Å²) in [5, 5.41) is 11.2. The van der Waals surface area contributed by atoms with E-state index in [2.05, 4.69) is 12.2 Å². The lowest BCUT2D eigenvalue weighted by atomic mass is 10.0. The first-order chi connectivity index (χ1) is 8.98. The first kappa shape index (κ1) is 21.9. The predicted molar refractivity (Wildman–Crippen MR) is 85.8 cm³/mol. The van der Waals surface area contributed by atoms with E-state index >= 15 is 0 Å². The van der Waals surface area contributed by atoms with Crippen LogP contribution in [0, 0.1) is 0 Å². The third kappa shape index (κ3) is 15.7. The van der Waals surface area contributed by atoms with Gasteiger partial charge in [0.25, 0.3) is 0 Å². The van der Waals surface area contributed by atoms with Crippen molar-refractivity contribution in [2.75, 3.05) is 6.54 Å². The summed E-state index contributed by atoms with van der Waals surface area (Å²) in [6.07, 6.45) is 11.8. The normalized spacial score (nSPS) is 11.2. The minimum atomic E-state index is -1.06. The average molecular weight is 310 g/mol. The molecule has 0 aromatic heterocycles. The number of rotatable bonds is 13. The zero-order chi connectivity index (χ0) is 14.6. The molecular weight excluding hydrogens is 278 g/mol. The number of carboxylic acids is 1. The van der Waals surface area contributed by atoms with Crippen molar-refractivity contribution in [2.24, 2.45) is 11.5 Å². The summed E-state index contributed by atoms with van der Waals surface area (Å²) < 4.78 is 0. The SMILES string of the molecule is CCCCCCCCCCCC(N)(N)NCC(=O)O.Cl. The van der Waals surface area contributed by atoms with E-state index < -0.39 is 11.8 Å². The summed E-state index contributed by atoms with van der Waals surface area (Å²) in [6.45, 7) is 2.04. The molecule has 0 radical (unpaired) electrons. The van der Waals surface area contributed by atoms with Gasteiger partial charge in [0.05, 0.1) is 6.54 Å². The first-order valence-corrected chi connectivity index (χ1v) is 7.52. The van der Waals surface area contributed by atoms with Gasteiger partial charge in [-0.2, -0.15) is 0 Å². The molecule has 0 spiro atoms. The van der Waals surface area contributed by atoms with E-state index in [1.807, 2.05) is 0 Å². The molecule has 20 heavy (non-hydrogen) atoms. The molecule has 122 valence electrons. The Morgan fingerprint density at radius 3 is 1.90 bits per heavy atom. The largest absolute Gasteiger partial charge is 0.480 e. The lowest BCUT2D eigenvalue weighted by Gasteiger charge is -2.25. The highest BCUT2D eigenvalue weighted by atomic mass is 35.5. The Kier molecular flexibility index (Phi) is 14.9. The van der Waals surface area contributed by atoms with Crippen LogP contribution in [0.5, 0.6) is 0 Å². The molecule has 0 aromatic carbocycles. The van der Waals surface area contributed by atoms with E-state index in [9.17, 15) is 4.79 Å². The summed E-state index contributed by atoms with van der Waals surface area (Å²) in [6, 6.07) is 0. The maximum absolute atomic E-state index is 10.4. The second-order valence-electron chi connectivity index (χ2n) is 5.37. The van der Waals surface area contributed by atoms with Crippen LogP contribution >= 0.6 is 12.4 Å². The van der Waals surface area contributed by atoms with Crippen LogP contribution in [-0.4, -0.2) is 23.4 Å². The Hall–Kier alpha value is -0.360. The molecule has 0 aliphatic rings. The van der Waals surface area contributed by atoms with Gasteiger partial charge in [-0.25, -0.2) is 0 Å². The number of aliphatic carboxylic acids is 1. The molecule has 0 unspecified atom stereocenters. The second-order valence-corrected chi connectivity index (χ2v) is 5.37. The molecule has 0 aliphatic carbocycles. The maximum atomic E-state index is 10.4. The van der Waals surface area contributed by atoms with Crippen LogP contribution in [-0.2, 0) is 4.79 Å². The molecular formula is C14H32ClN3O2. The summed E-state index contributed by atoms with van der Waals surface area (Å²) >= 11 is 0. The highest BCUT2D eigenvalue weighted by Gasteiger charge is 2.18. The van der Waals surface area contributed by atoms with Crippen molar-refractivity contribution >= 4 is 18.4 Å². The molecule has 6 N–H and O–H groups in total. The van der Waals surface area contributed by atoms with Gasteiger partial charge < -0.3 is 16.6 Å². The van der Waals surface area contributed by atoms with Crippen molar-refractivity contribution in [3.05, 3.63) is 0 Å². The summed E-state index contributed by atoms with van der Waals surface area (Å²) in [7, 11) is 0. The average Bonchev–Trinajstić information content (AvgIpc) is 2.34. The zero-order valence-corrected chi connectivity index (χ0v) is 13.5.